The molecule has 6 heteroatoms. The van der Waals surface area contributed by atoms with E-state index in [2.05, 4.69) is 0 Å². The van der Waals surface area contributed by atoms with Gasteiger partial charge in [-0.05, 0) is 47.9 Å². The van der Waals surface area contributed by atoms with Gasteiger partial charge in [0.1, 0.15) is 12.4 Å². The van der Waals surface area contributed by atoms with Crippen molar-refractivity contribution >= 4 is 21.8 Å². The highest BCUT2D eigenvalue weighted by atomic mass is 32.2. The summed E-state index contributed by atoms with van der Waals surface area (Å²) in [5.74, 6) is 1.55. The molecule has 0 radical (unpaired) electrons. The van der Waals surface area contributed by atoms with Gasteiger partial charge in [-0.2, -0.15) is 4.31 Å². The van der Waals surface area contributed by atoms with Crippen LogP contribution in [0.25, 0.3) is 0 Å². The Balaban J connectivity index is 1.50. The summed E-state index contributed by atoms with van der Waals surface area (Å²) in [4.78, 5) is 0.354. The Labute approximate surface area is 176 Å². The number of ether oxygens (including phenoxy) is 1. The monoisotopic (exact) mass is 425 g/mol. The van der Waals surface area contributed by atoms with E-state index in [1.807, 2.05) is 67.6 Å². The van der Waals surface area contributed by atoms with Gasteiger partial charge in [-0.3, -0.25) is 0 Å². The molecule has 0 aromatic heterocycles. The Morgan fingerprint density at radius 1 is 1.00 bits per heavy atom. The predicted octanol–water partition coefficient (Wildman–Crippen LogP) is 5.01. The van der Waals surface area contributed by atoms with Crippen LogP contribution in [0.1, 0.15) is 22.1 Å². The van der Waals surface area contributed by atoms with Crippen molar-refractivity contribution in [3.63, 3.8) is 0 Å². The maximum absolute atomic E-state index is 13.2. The second-order valence-electron chi connectivity index (χ2n) is 7.00. The van der Waals surface area contributed by atoms with E-state index >= 15 is 0 Å². The second-order valence-corrected chi connectivity index (χ2v) is 10.1. The molecule has 150 valence electrons. The second kappa shape index (κ2) is 8.61. The van der Waals surface area contributed by atoms with Crippen LogP contribution in [-0.2, 0) is 16.6 Å². The Kier molecular flexibility index (Phi) is 5.94. The molecule has 0 aliphatic carbocycles. The van der Waals surface area contributed by atoms with E-state index in [0.29, 0.717) is 18.0 Å². The standard InChI is InChI=1S/C23H23NO3S2/c1-18-6-5-9-22(16-18)29(25,26)24-14-15-28-23(24)20-10-12-21(13-11-20)27-17-19-7-3-2-4-8-19/h2-13,16,23H,14-15,17H2,1H3. The lowest BCUT2D eigenvalue weighted by molar-refractivity contribution is 0.306. The molecule has 1 atom stereocenters. The van der Waals surface area contributed by atoms with Crippen LogP contribution in [0.5, 0.6) is 5.75 Å². The van der Waals surface area contributed by atoms with Gasteiger partial charge in [-0.15, -0.1) is 11.8 Å². The summed E-state index contributed by atoms with van der Waals surface area (Å²) in [5, 5.41) is -0.219. The lowest BCUT2D eigenvalue weighted by atomic mass is 10.2. The number of aryl methyl sites for hydroxylation is 1. The normalized spacial score (nSPS) is 17.3. The molecule has 4 rings (SSSR count). The minimum atomic E-state index is -3.53. The first kappa shape index (κ1) is 20.0. The lowest BCUT2D eigenvalue weighted by Gasteiger charge is -2.24. The van der Waals surface area contributed by atoms with Crippen molar-refractivity contribution < 1.29 is 13.2 Å². The van der Waals surface area contributed by atoms with Crippen molar-refractivity contribution in [2.45, 2.75) is 23.8 Å². The zero-order chi connectivity index (χ0) is 20.3. The smallest absolute Gasteiger partial charge is 0.244 e. The average Bonchev–Trinajstić information content (AvgIpc) is 3.24. The third-order valence-electron chi connectivity index (χ3n) is 4.86. The van der Waals surface area contributed by atoms with Crippen molar-refractivity contribution in [1.82, 2.24) is 4.31 Å². The highest BCUT2D eigenvalue weighted by Crippen LogP contribution is 2.41. The fraction of sp³-hybridized carbons (Fsp3) is 0.217. The molecule has 3 aromatic carbocycles. The van der Waals surface area contributed by atoms with Crippen LogP contribution in [0.4, 0.5) is 0 Å². The van der Waals surface area contributed by atoms with E-state index in [0.717, 1.165) is 28.2 Å². The first-order valence-corrected chi connectivity index (χ1v) is 12.0. The van der Waals surface area contributed by atoms with Gasteiger partial charge < -0.3 is 4.74 Å². The molecule has 4 nitrogen and oxygen atoms in total. The topological polar surface area (TPSA) is 46.6 Å². The summed E-state index contributed by atoms with van der Waals surface area (Å²) in [6.45, 7) is 2.92. The van der Waals surface area contributed by atoms with Crippen molar-refractivity contribution in [3.05, 3.63) is 95.6 Å². The zero-order valence-electron chi connectivity index (χ0n) is 16.2. The minimum absolute atomic E-state index is 0.219. The van der Waals surface area contributed by atoms with Gasteiger partial charge in [-0.25, -0.2) is 8.42 Å². The first-order valence-electron chi connectivity index (χ1n) is 9.51. The molecule has 0 bridgehead atoms. The molecule has 1 saturated heterocycles. The van der Waals surface area contributed by atoms with E-state index in [4.69, 9.17) is 4.74 Å². The van der Waals surface area contributed by atoms with Crippen molar-refractivity contribution in [1.29, 1.82) is 0 Å². The number of rotatable bonds is 6. The Morgan fingerprint density at radius 2 is 1.76 bits per heavy atom. The maximum Gasteiger partial charge on any atom is 0.244 e. The molecule has 0 saturated carbocycles. The summed E-state index contributed by atoms with van der Waals surface area (Å²) < 4.78 is 33.8. The van der Waals surface area contributed by atoms with Gasteiger partial charge in [0.05, 0.1) is 10.3 Å². The maximum atomic E-state index is 13.2. The van der Waals surface area contributed by atoms with E-state index in [9.17, 15) is 8.42 Å². The molecule has 3 aromatic rings. The van der Waals surface area contributed by atoms with E-state index < -0.39 is 10.0 Å². The van der Waals surface area contributed by atoms with Gasteiger partial charge in [0, 0.05) is 12.3 Å². The largest absolute Gasteiger partial charge is 0.489 e. The van der Waals surface area contributed by atoms with Gasteiger partial charge >= 0.3 is 0 Å². The van der Waals surface area contributed by atoms with Crippen molar-refractivity contribution in [3.8, 4) is 5.75 Å². The van der Waals surface area contributed by atoms with Crippen LogP contribution in [0.2, 0.25) is 0 Å². The minimum Gasteiger partial charge on any atom is -0.489 e. The van der Waals surface area contributed by atoms with Crippen molar-refractivity contribution in [2.24, 2.45) is 0 Å². The summed E-state index contributed by atoms with van der Waals surface area (Å²) in [6.07, 6.45) is 0. The van der Waals surface area contributed by atoms with Crippen LogP contribution < -0.4 is 4.74 Å². The molecule has 0 amide bonds. The number of sulfonamides is 1. The number of thioether (sulfide) groups is 1. The van der Waals surface area contributed by atoms with E-state index in [1.165, 1.54) is 0 Å². The quantitative estimate of drug-likeness (QED) is 0.557. The fourth-order valence-corrected chi connectivity index (χ4v) is 6.69. The number of hydrogen-bond acceptors (Lipinski definition) is 4. The molecule has 1 unspecified atom stereocenters. The Bertz CT molecular complexity index is 1070. The molecule has 29 heavy (non-hydrogen) atoms. The third kappa shape index (κ3) is 4.50. The van der Waals surface area contributed by atoms with Gasteiger partial charge in [-0.1, -0.05) is 54.6 Å². The Morgan fingerprint density at radius 3 is 2.48 bits per heavy atom. The SMILES string of the molecule is Cc1cccc(S(=O)(=O)N2CCSC2c2ccc(OCc3ccccc3)cc2)c1. The average molecular weight is 426 g/mol. The highest BCUT2D eigenvalue weighted by molar-refractivity contribution is 8.01. The van der Waals surface area contributed by atoms with Crippen LogP contribution in [-0.4, -0.2) is 25.0 Å². The van der Waals surface area contributed by atoms with Crippen LogP contribution in [0.15, 0.2) is 83.8 Å². The van der Waals surface area contributed by atoms with Gasteiger partial charge in [0.25, 0.3) is 0 Å². The van der Waals surface area contributed by atoms with E-state index in [-0.39, 0.29) is 5.37 Å². The van der Waals surface area contributed by atoms with Gasteiger partial charge in [0.2, 0.25) is 10.0 Å². The van der Waals surface area contributed by atoms with Crippen molar-refractivity contribution in [2.75, 3.05) is 12.3 Å². The summed E-state index contributed by atoms with van der Waals surface area (Å²) in [7, 11) is -3.53. The number of benzene rings is 3. The summed E-state index contributed by atoms with van der Waals surface area (Å²) in [5.41, 5.74) is 3.02. The number of hydrogen-bond donors (Lipinski definition) is 0. The first-order chi connectivity index (χ1) is 14.0. The Hall–Kier alpha value is -2.28. The predicted molar refractivity (Wildman–Crippen MR) is 117 cm³/mol. The van der Waals surface area contributed by atoms with Gasteiger partial charge in [0.15, 0.2) is 0 Å². The highest BCUT2D eigenvalue weighted by Gasteiger charge is 2.36. The molecule has 0 N–H and O–H groups in total. The molecule has 0 spiro atoms. The fourth-order valence-electron chi connectivity index (χ4n) is 3.34. The van der Waals surface area contributed by atoms with Crippen LogP contribution in [0, 0.1) is 6.92 Å². The molecule has 1 fully saturated rings. The lowest BCUT2D eigenvalue weighted by Crippen LogP contribution is -2.30. The molecule has 1 aliphatic heterocycles. The van der Waals surface area contributed by atoms with Crippen LogP contribution in [0.3, 0.4) is 0 Å². The summed E-state index contributed by atoms with van der Waals surface area (Å²) in [6, 6.07) is 24.9. The molecular weight excluding hydrogens is 402 g/mol. The molecular formula is C23H23NO3S2. The van der Waals surface area contributed by atoms with E-state index in [1.54, 1.807) is 34.3 Å². The zero-order valence-corrected chi connectivity index (χ0v) is 17.8. The summed E-state index contributed by atoms with van der Waals surface area (Å²) >= 11 is 1.65. The third-order valence-corrected chi connectivity index (χ3v) is 8.11. The number of nitrogens with zero attached hydrogens (tertiary/aromatic N) is 1. The molecule has 1 aliphatic rings. The van der Waals surface area contributed by atoms with Crippen LogP contribution >= 0.6 is 11.8 Å². The molecule has 1 heterocycles.